The van der Waals surface area contributed by atoms with Gasteiger partial charge in [0.25, 0.3) is 0 Å². The van der Waals surface area contributed by atoms with Crippen molar-refractivity contribution in [2.45, 2.75) is 19.8 Å². The molecule has 29 heavy (non-hydrogen) atoms. The van der Waals surface area contributed by atoms with E-state index in [0.29, 0.717) is 49.3 Å². The van der Waals surface area contributed by atoms with Crippen LogP contribution < -0.4 is 20.5 Å². The van der Waals surface area contributed by atoms with Gasteiger partial charge in [-0.15, -0.1) is 0 Å². The number of aromatic nitrogens is 2. The van der Waals surface area contributed by atoms with Crippen molar-refractivity contribution in [3.8, 4) is 22.9 Å². The molecule has 0 aliphatic rings. The summed E-state index contributed by atoms with van der Waals surface area (Å²) in [7, 11) is 0. The maximum absolute atomic E-state index is 12.2. The molecule has 0 bridgehead atoms. The number of carbonyl (C=O) groups is 1. The van der Waals surface area contributed by atoms with Crippen molar-refractivity contribution in [2.75, 3.05) is 25.1 Å². The number of ether oxygens (including phenoxy) is 2. The summed E-state index contributed by atoms with van der Waals surface area (Å²) in [5, 5.41) is 6.81. The first-order valence-electron chi connectivity index (χ1n) is 9.46. The smallest absolute Gasteiger partial charge is 0.227 e. The Morgan fingerprint density at radius 1 is 1.07 bits per heavy atom. The average molecular weight is 396 g/mol. The van der Waals surface area contributed by atoms with Crippen molar-refractivity contribution in [3.05, 3.63) is 54.4 Å². The normalized spacial score (nSPS) is 10.6. The van der Waals surface area contributed by atoms with Crippen LogP contribution in [0.2, 0.25) is 0 Å². The van der Waals surface area contributed by atoms with Gasteiger partial charge in [-0.05, 0) is 55.5 Å². The molecule has 1 amide bonds. The first-order valence-corrected chi connectivity index (χ1v) is 9.46. The van der Waals surface area contributed by atoms with E-state index >= 15 is 0 Å². The van der Waals surface area contributed by atoms with Crippen molar-refractivity contribution in [1.82, 2.24) is 10.1 Å². The number of hydrogen-bond acceptors (Lipinski definition) is 7. The van der Waals surface area contributed by atoms with E-state index in [2.05, 4.69) is 15.5 Å². The van der Waals surface area contributed by atoms with Crippen molar-refractivity contribution in [1.29, 1.82) is 0 Å². The lowest BCUT2D eigenvalue weighted by Crippen LogP contribution is -2.13. The number of anilines is 1. The predicted molar refractivity (Wildman–Crippen MR) is 109 cm³/mol. The number of carbonyl (C=O) groups excluding carboxylic acids is 1. The van der Waals surface area contributed by atoms with E-state index < -0.39 is 0 Å². The molecular weight excluding hydrogens is 372 g/mol. The largest absolute Gasteiger partial charge is 0.494 e. The quantitative estimate of drug-likeness (QED) is 0.541. The van der Waals surface area contributed by atoms with Crippen LogP contribution in [0.3, 0.4) is 0 Å². The summed E-state index contributed by atoms with van der Waals surface area (Å²) in [4.78, 5) is 16.5. The zero-order valence-corrected chi connectivity index (χ0v) is 16.3. The zero-order chi connectivity index (χ0) is 20.5. The number of nitrogens with two attached hydrogens (primary N) is 1. The summed E-state index contributed by atoms with van der Waals surface area (Å²) in [5.74, 6) is 2.25. The van der Waals surface area contributed by atoms with Gasteiger partial charge in [0, 0.05) is 30.6 Å². The Hall–Kier alpha value is -3.39. The van der Waals surface area contributed by atoms with Crippen LogP contribution in [0.5, 0.6) is 11.5 Å². The van der Waals surface area contributed by atoms with Crippen LogP contribution in [0.15, 0.2) is 53.1 Å². The topological polar surface area (TPSA) is 112 Å². The molecule has 8 nitrogen and oxygen atoms in total. The predicted octanol–water partition coefficient (Wildman–Crippen LogP) is 3.04. The number of benzene rings is 2. The Bertz CT molecular complexity index is 907. The molecule has 0 spiro atoms. The average Bonchev–Trinajstić information content (AvgIpc) is 3.22. The Morgan fingerprint density at radius 3 is 2.45 bits per heavy atom. The lowest BCUT2D eigenvalue weighted by molar-refractivity contribution is -0.116. The van der Waals surface area contributed by atoms with E-state index in [9.17, 15) is 4.79 Å². The summed E-state index contributed by atoms with van der Waals surface area (Å²) in [5.41, 5.74) is 6.92. The SMILES string of the molecule is CCOc1ccc(-c2noc(CCC(=O)Nc3ccc(OCCN)cc3)n2)cc1. The second-order valence-corrected chi connectivity index (χ2v) is 6.18. The Balaban J connectivity index is 1.49. The van der Waals surface area contributed by atoms with Gasteiger partial charge in [0.05, 0.1) is 6.61 Å². The molecule has 0 unspecified atom stereocenters. The molecule has 0 saturated heterocycles. The van der Waals surface area contributed by atoms with Crippen LogP contribution >= 0.6 is 0 Å². The maximum Gasteiger partial charge on any atom is 0.227 e. The minimum Gasteiger partial charge on any atom is -0.494 e. The van der Waals surface area contributed by atoms with E-state index in [0.717, 1.165) is 11.3 Å². The molecule has 1 heterocycles. The fraction of sp³-hybridized carbons (Fsp3) is 0.286. The van der Waals surface area contributed by atoms with Gasteiger partial charge >= 0.3 is 0 Å². The number of nitrogens with one attached hydrogen (secondary N) is 1. The van der Waals surface area contributed by atoms with Crippen LogP contribution in [0, 0.1) is 0 Å². The Morgan fingerprint density at radius 2 is 1.76 bits per heavy atom. The third kappa shape index (κ3) is 6.05. The molecule has 0 radical (unpaired) electrons. The van der Waals surface area contributed by atoms with Gasteiger partial charge in [0.1, 0.15) is 18.1 Å². The third-order valence-corrected chi connectivity index (χ3v) is 3.98. The molecule has 0 saturated carbocycles. The molecule has 3 N–H and O–H groups in total. The van der Waals surface area contributed by atoms with E-state index in [4.69, 9.17) is 19.7 Å². The molecule has 0 fully saturated rings. The molecular formula is C21H24N4O4. The summed E-state index contributed by atoms with van der Waals surface area (Å²) in [6, 6.07) is 14.6. The summed E-state index contributed by atoms with van der Waals surface area (Å²) >= 11 is 0. The van der Waals surface area contributed by atoms with E-state index in [1.807, 2.05) is 31.2 Å². The number of hydrogen-bond donors (Lipinski definition) is 2. The van der Waals surface area contributed by atoms with E-state index in [1.54, 1.807) is 24.3 Å². The Labute approximate surface area is 169 Å². The standard InChI is InChI=1S/C21H24N4O4/c1-2-27-17-7-3-15(4-8-17)21-24-20(29-25-21)12-11-19(26)23-16-5-9-18(10-6-16)28-14-13-22/h3-10H,2,11-14,22H2,1H3,(H,23,26). The monoisotopic (exact) mass is 396 g/mol. The van der Waals surface area contributed by atoms with Crippen LogP contribution in [0.4, 0.5) is 5.69 Å². The van der Waals surface area contributed by atoms with E-state index in [-0.39, 0.29) is 12.3 Å². The molecule has 152 valence electrons. The van der Waals surface area contributed by atoms with Crippen LogP contribution in [0.25, 0.3) is 11.4 Å². The summed E-state index contributed by atoms with van der Waals surface area (Å²) in [6.07, 6.45) is 0.587. The fourth-order valence-electron chi connectivity index (χ4n) is 2.60. The summed E-state index contributed by atoms with van der Waals surface area (Å²) < 4.78 is 16.1. The second kappa shape index (κ2) is 10.2. The molecule has 3 rings (SSSR count). The second-order valence-electron chi connectivity index (χ2n) is 6.18. The highest BCUT2D eigenvalue weighted by Gasteiger charge is 2.11. The fourth-order valence-corrected chi connectivity index (χ4v) is 2.60. The maximum atomic E-state index is 12.2. The highest BCUT2D eigenvalue weighted by atomic mass is 16.5. The van der Waals surface area contributed by atoms with Crippen LogP contribution in [-0.4, -0.2) is 35.8 Å². The number of nitrogens with zero attached hydrogens (tertiary/aromatic N) is 2. The highest BCUT2D eigenvalue weighted by molar-refractivity contribution is 5.90. The Kier molecular flexibility index (Phi) is 7.18. The first kappa shape index (κ1) is 20.3. The minimum atomic E-state index is -0.138. The van der Waals surface area contributed by atoms with Crippen molar-refractivity contribution in [2.24, 2.45) is 5.73 Å². The lowest BCUT2D eigenvalue weighted by Gasteiger charge is -2.07. The van der Waals surface area contributed by atoms with Crippen molar-refractivity contribution in [3.63, 3.8) is 0 Å². The molecule has 1 aromatic heterocycles. The molecule has 0 aliphatic heterocycles. The zero-order valence-electron chi connectivity index (χ0n) is 16.3. The van der Waals surface area contributed by atoms with Gasteiger partial charge in [-0.25, -0.2) is 0 Å². The number of rotatable bonds is 10. The highest BCUT2D eigenvalue weighted by Crippen LogP contribution is 2.20. The number of amides is 1. The van der Waals surface area contributed by atoms with Gasteiger partial charge in [0.2, 0.25) is 17.6 Å². The van der Waals surface area contributed by atoms with Crippen LogP contribution in [0.1, 0.15) is 19.2 Å². The van der Waals surface area contributed by atoms with E-state index in [1.165, 1.54) is 0 Å². The summed E-state index contributed by atoms with van der Waals surface area (Å²) in [6.45, 7) is 3.45. The molecule has 3 aromatic rings. The van der Waals surface area contributed by atoms with Crippen molar-refractivity contribution >= 4 is 11.6 Å². The van der Waals surface area contributed by atoms with Crippen molar-refractivity contribution < 1.29 is 18.8 Å². The number of aryl methyl sites for hydroxylation is 1. The molecule has 2 aromatic carbocycles. The van der Waals surface area contributed by atoms with Crippen LogP contribution in [-0.2, 0) is 11.2 Å². The van der Waals surface area contributed by atoms with Gasteiger partial charge < -0.3 is 25.0 Å². The molecule has 0 aliphatic carbocycles. The van der Waals surface area contributed by atoms with Gasteiger partial charge in [-0.2, -0.15) is 4.98 Å². The lowest BCUT2D eigenvalue weighted by atomic mass is 10.2. The van der Waals surface area contributed by atoms with Gasteiger partial charge in [0.15, 0.2) is 0 Å². The van der Waals surface area contributed by atoms with Gasteiger partial charge in [-0.1, -0.05) is 5.16 Å². The van der Waals surface area contributed by atoms with Gasteiger partial charge in [-0.3, -0.25) is 4.79 Å². The third-order valence-electron chi connectivity index (χ3n) is 3.98. The molecule has 8 heteroatoms. The molecule has 0 atom stereocenters. The minimum absolute atomic E-state index is 0.138. The first-order chi connectivity index (χ1) is 14.2.